The van der Waals surface area contributed by atoms with Crippen LogP contribution in [0.1, 0.15) is 42.9 Å². The number of aliphatic hydroxyl groups is 1. The van der Waals surface area contributed by atoms with E-state index in [1.807, 2.05) is 42.5 Å². The summed E-state index contributed by atoms with van der Waals surface area (Å²) >= 11 is 0. The number of hydrogen-bond donors (Lipinski definition) is 1. The van der Waals surface area contributed by atoms with E-state index >= 15 is 0 Å². The highest BCUT2D eigenvalue weighted by molar-refractivity contribution is 6.04. The number of benzene rings is 2. The van der Waals surface area contributed by atoms with Crippen LogP contribution in [-0.4, -0.2) is 30.7 Å². The first-order valence-corrected chi connectivity index (χ1v) is 12.2. The van der Waals surface area contributed by atoms with Crippen molar-refractivity contribution in [3.8, 4) is 11.1 Å². The van der Waals surface area contributed by atoms with Gasteiger partial charge in [-0.15, -0.1) is 0 Å². The fourth-order valence-electron chi connectivity index (χ4n) is 5.31. The third-order valence-corrected chi connectivity index (χ3v) is 7.17. The Morgan fingerprint density at radius 2 is 1.75 bits per heavy atom. The van der Waals surface area contributed by atoms with Crippen molar-refractivity contribution in [3.05, 3.63) is 101 Å². The average Bonchev–Trinajstić information content (AvgIpc) is 2.90. The van der Waals surface area contributed by atoms with Crippen LogP contribution >= 0.6 is 0 Å². The Kier molecular flexibility index (Phi) is 5.77. The Morgan fingerprint density at radius 1 is 0.944 bits per heavy atom. The van der Waals surface area contributed by atoms with E-state index in [0.29, 0.717) is 29.3 Å². The van der Waals surface area contributed by atoms with Crippen LogP contribution in [0.3, 0.4) is 0 Å². The van der Waals surface area contributed by atoms with Crippen LogP contribution < -0.4 is 5.56 Å². The molecule has 2 atom stereocenters. The molecule has 7 heteroatoms. The molecule has 6 nitrogen and oxygen atoms in total. The van der Waals surface area contributed by atoms with Gasteiger partial charge in [0, 0.05) is 23.3 Å². The SMILES string of the molecule is O=c1c2cc(Cc3ccc(-c4cncc(F)c4)cc3)c3cccnc3c2ncn1[C@H]1CCCC[C@@H]1O. The van der Waals surface area contributed by atoms with Gasteiger partial charge in [-0.3, -0.25) is 19.3 Å². The molecular weight excluding hydrogens is 455 g/mol. The van der Waals surface area contributed by atoms with E-state index in [-0.39, 0.29) is 17.4 Å². The van der Waals surface area contributed by atoms with E-state index in [0.717, 1.165) is 46.9 Å². The molecule has 1 aliphatic carbocycles. The minimum absolute atomic E-state index is 0.145. The normalized spacial score (nSPS) is 18.1. The molecule has 1 aliphatic rings. The van der Waals surface area contributed by atoms with Crippen LogP contribution in [0.25, 0.3) is 32.9 Å². The van der Waals surface area contributed by atoms with Gasteiger partial charge >= 0.3 is 0 Å². The maximum Gasteiger partial charge on any atom is 0.261 e. The van der Waals surface area contributed by atoms with Gasteiger partial charge in [0.05, 0.1) is 35.6 Å². The minimum atomic E-state index is -0.541. The Balaban J connectivity index is 1.42. The lowest BCUT2D eigenvalue weighted by atomic mass is 9.92. The van der Waals surface area contributed by atoms with Gasteiger partial charge in [0.1, 0.15) is 11.3 Å². The number of halogens is 1. The van der Waals surface area contributed by atoms with E-state index in [4.69, 9.17) is 0 Å². The first-order chi connectivity index (χ1) is 17.6. The molecule has 36 heavy (non-hydrogen) atoms. The van der Waals surface area contributed by atoms with E-state index in [1.165, 1.54) is 12.3 Å². The van der Waals surface area contributed by atoms with Crippen molar-refractivity contribution in [2.45, 2.75) is 44.2 Å². The molecule has 1 saturated carbocycles. The zero-order valence-corrected chi connectivity index (χ0v) is 19.6. The van der Waals surface area contributed by atoms with Crippen LogP contribution in [0, 0.1) is 5.82 Å². The highest BCUT2D eigenvalue weighted by Gasteiger charge is 2.26. The predicted octanol–water partition coefficient (Wildman–Crippen LogP) is 5.21. The predicted molar refractivity (Wildman–Crippen MR) is 137 cm³/mol. The van der Waals surface area contributed by atoms with Gasteiger partial charge in [-0.25, -0.2) is 9.37 Å². The number of nitrogens with zero attached hydrogens (tertiary/aromatic N) is 4. The van der Waals surface area contributed by atoms with Gasteiger partial charge in [-0.05, 0) is 54.2 Å². The second-order valence-electron chi connectivity index (χ2n) is 9.47. The van der Waals surface area contributed by atoms with Crippen molar-refractivity contribution >= 4 is 21.8 Å². The maximum atomic E-state index is 13.6. The lowest BCUT2D eigenvalue weighted by Crippen LogP contribution is -2.34. The molecule has 1 N–H and O–H groups in total. The highest BCUT2D eigenvalue weighted by atomic mass is 19.1. The summed E-state index contributed by atoms with van der Waals surface area (Å²) in [6.07, 6.45) is 9.58. The molecule has 0 saturated heterocycles. The topological polar surface area (TPSA) is 80.9 Å². The van der Waals surface area contributed by atoms with Gasteiger partial charge in [-0.2, -0.15) is 0 Å². The zero-order chi connectivity index (χ0) is 24.6. The molecule has 5 aromatic rings. The molecule has 3 aromatic heterocycles. The summed E-state index contributed by atoms with van der Waals surface area (Å²) in [6, 6.07) is 14.9. The molecule has 0 amide bonds. The van der Waals surface area contributed by atoms with E-state index < -0.39 is 6.10 Å². The van der Waals surface area contributed by atoms with Gasteiger partial charge in [-0.1, -0.05) is 43.2 Å². The molecule has 0 spiro atoms. The lowest BCUT2D eigenvalue weighted by Gasteiger charge is -2.29. The molecule has 0 radical (unpaired) electrons. The van der Waals surface area contributed by atoms with Crippen molar-refractivity contribution in [2.75, 3.05) is 0 Å². The van der Waals surface area contributed by atoms with Crippen molar-refractivity contribution < 1.29 is 9.50 Å². The van der Waals surface area contributed by atoms with Crippen molar-refractivity contribution in [3.63, 3.8) is 0 Å². The van der Waals surface area contributed by atoms with Crippen molar-refractivity contribution in [1.82, 2.24) is 19.5 Å². The minimum Gasteiger partial charge on any atom is -0.391 e. The second kappa shape index (κ2) is 9.24. The van der Waals surface area contributed by atoms with Crippen molar-refractivity contribution in [2.24, 2.45) is 0 Å². The van der Waals surface area contributed by atoms with E-state index in [1.54, 1.807) is 23.3 Å². The monoisotopic (exact) mass is 480 g/mol. The molecule has 0 aliphatic heterocycles. The first kappa shape index (κ1) is 22.5. The molecule has 180 valence electrons. The summed E-state index contributed by atoms with van der Waals surface area (Å²) in [4.78, 5) is 26.7. The molecular formula is C29H25FN4O2. The van der Waals surface area contributed by atoms with Crippen LogP contribution in [0.15, 0.2) is 78.2 Å². The summed E-state index contributed by atoms with van der Waals surface area (Å²) in [7, 11) is 0. The summed E-state index contributed by atoms with van der Waals surface area (Å²) in [5.74, 6) is -0.369. The number of hydrogen-bond acceptors (Lipinski definition) is 5. The summed E-state index contributed by atoms with van der Waals surface area (Å²) in [5, 5.41) is 12.0. The van der Waals surface area contributed by atoms with Crippen LogP contribution in [0.4, 0.5) is 4.39 Å². The molecule has 0 unspecified atom stereocenters. The number of aromatic nitrogens is 4. The zero-order valence-electron chi connectivity index (χ0n) is 19.6. The molecule has 0 bridgehead atoms. The molecule has 6 rings (SSSR count). The average molecular weight is 481 g/mol. The number of pyridine rings is 2. The van der Waals surface area contributed by atoms with E-state index in [9.17, 15) is 14.3 Å². The van der Waals surface area contributed by atoms with Gasteiger partial charge in [0.25, 0.3) is 5.56 Å². The van der Waals surface area contributed by atoms with Gasteiger partial charge < -0.3 is 5.11 Å². The first-order valence-electron chi connectivity index (χ1n) is 12.2. The lowest BCUT2D eigenvalue weighted by molar-refractivity contribution is 0.0735. The Hall–Kier alpha value is -3.97. The third kappa shape index (κ3) is 4.05. The molecule has 3 heterocycles. The largest absolute Gasteiger partial charge is 0.391 e. The van der Waals surface area contributed by atoms with Crippen LogP contribution in [0.5, 0.6) is 0 Å². The van der Waals surface area contributed by atoms with E-state index in [2.05, 4.69) is 15.0 Å². The summed E-state index contributed by atoms with van der Waals surface area (Å²) in [5.41, 5.74) is 4.77. The Labute approximate surface area is 207 Å². The molecule has 2 aromatic carbocycles. The third-order valence-electron chi connectivity index (χ3n) is 7.17. The van der Waals surface area contributed by atoms with Crippen LogP contribution in [-0.2, 0) is 6.42 Å². The Bertz CT molecular complexity index is 1630. The quantitative estimate of drug-likeness (QED) is 0.357. The van der Waals surface area contributed by atoms with Crippen LogP contribution in [0.2, 0.25) is 0 Å². The van der Waals surface area contributed by atoms with Gasteiger partial charge in [0.15, 0.2) is 0 Å². The standard InChI is InChI=1S/C29H25FN4O2/c30-22-13-21(15-31-16-22)19-9-7-18(8-10-19)12-20-14-24-28(27-23(20)4-3-11-32-27)33-17-34(29(24)36)25-5-1-2-6-26(25)35/h3-4,7-11,13-17,25-26,35H,1-2,5-6,12H2/t25-,26-/m0/s1. The fourth-order valence-corrected chi connectivity index (χ4v) is 5.31. The van der Waals surface area contributed by atoms with Crippen molar-refractivity contribution in [1.29, 1.82) is 0 Å². The summed E-state index contributed by atoms with van der Waals surface area (Å²) in [6.45, 7) is 0. The smallest absolute Gasteiger partial charge is 0.261 e. The number of rotatable bonds is 4. The highest BCUT2D eigenvalue weighted by Crippen LogP contribution is 2.30. The summed E-state index contributed by atoms with van der Waals surface area (Å²) < 4.78 is 15.2. The molecule has 1 fully saturated rings. The maximum absolute atomic E-state index is 13.6. The van der Waals surface area contributed by atoms with Gasteiger partial charge in [0.2, 0.25) is 0 Å². The number of aliphatic hydroxyl groups excluding tert-OH is 1. The number of fused-ring (bicyclic) bond motifs is 3. The fraction of sp³-hybridized carbons (Fsp3) is 0.241. The Morgan fingerprint density at radius 3 is 2.56 bits per heavy atom. The second-order valence-corrected chi connectivity index (χ2v) is 9.47.